The van der Waals surface area contributed by atoms with Crippen LogP contribution in [0, 0.1) is 11.8 Å². The Morgan fingerprint density at radius 3 is 2.86 bits per heavy atom. The number of nitrogens with one attached hydrogen (secondary N) is 1. The Morgan fingerprint density at radius 2 is 2.10 bits per heavy atom. The number of aliphatic hydroxyl groups is 1. The highest BCUT2D eigenvalue weighted by molar-refractivity contribution is 6.04. The average molecular weight is 280 g/mol. The second-order valence-electron chi connectivity index (χ2n) is 4.99. The van der Waals surface area contributed by atoms with Crippen molar-refractivity contribution in [3.05, 3.63) is 53.9 Å². The van der Waals surface area contributed by atoms with Crippen LogP contribution in [0.1, 0.15) is 34.9 Å². The molecule has 1 aromatic heterocycles. The zero-order valence-corrected chi connectivity index (χ0v) is 11.5. The molecule has 1 aromatic carbocycles. The molecule has 1 aliphatic rings. The molecule has 0 atom stereocenters. The first-order valence-corrected chi connectivity index (χ1v) is 6.96. The standard InChI is InChI=1S/C17H16N2O2/c20-12-4-6-13-5-1-2-7-15(13)18-17(21)16-8-3-11-19(16)14-9-10-14/h1-3,5,7-8,11,14,20H,9-10,12H2,(H,18,21). The minimum Gasteiger partial charge on any atom is -0.384 e. The van der Waals surface area contributed by atoms with Crippen LogP contribution in [0.5, 0.6) is 0 Å². The van der Waals surface area contributed by atoms with E-state index in [9.17, 15) is 4.79 Å². The molecule has 0 unspecified atom stereocenters. The summed E-state index contributed by atoms with van der Waals surface area (Å²) in [6.07, 6.45) is 4.21. The molecule has 1 fully saturated rings. The summed E-state index contributed by atoms with van der Waals surface area (Å²) in [5.41, 5.74) is 2.03. The van der Waals surface area contributed by atoms with E-state index in [1.54, 1.807) is 0 Å². The van der Waals surface area contributed by atoms with Crippen molar-refractivity contribution in [2.24, 2.45) is 0 Å². The molecule has 4 nitrogen and oxygen atoms in total. The maximum atomic E-state index is 12.4. The van der Waals surface area contributed by atoms with Crippen molar-refractivity contribution in [3.8, 4) is 11.8 Å². The molecule has 1 saturated carbocycles. The minimum atomic E-state index is -0.202. The number of rotatable bonds is 3. The van der Waals surface area contributed by atoms with Crippen LogP contribution in [-0.4, -0.2) is 22.2 Å². The number of anilines is 1. The van der Waals surface area contributed by atoms with E-state index in [0.717, 1.165) is 12.8 Å². The van der Waals surface area contributed by atoms with Gasteiger partial charge in [-0.05, 0) is 37.1 Å². The number of amides is 1. The molecule has 0 bridgehead atoms. The molecule has 0 aliphatic heterocycles. The van der Waals surface area contributed by atoms with Gasteiger partial charge in [-0.25, -0.2) is 0 Å². The lowest BCUT2D eigenvalue weighted by molar-refractivity contribution is 0.101. The van der Waals surface area contributed by atoms with Crippen molar-refractivity contribution in [1.29, 1.82) is 0 Å². The van der Waals surface area contributed by atoms with Crippen molar-refractivity contribution in [3.63, 3.8) is 0 Å². The minimum absolute atomic E-state index is 0.134. The first-order chi connectivity index (χ1) is 10.3. The third-order valence-electron chi connectivity index (χ3n) is 3.43. The first-order valence-electron chi connectivity index (χ1n) is 6.96. The van der Waals surface area contributed by atoms with E-state index in [-0.39, 0.29) is 12.5 Å². The number of aliphatic hydroxyl groups excluding tert-OH is 1. The fourth-order valence-electron chi connectivity index (χ4n) is 2.28. The summed E-state index contributed by atoms with van der Waals surface area (Å²) in [5.74, 6) is 5.31. The fourth-order valence-corrected chi connectivity index (χ4v) is 2.28. The molecule has 2 aromatic rings. The van der Waals surface area contributed by atoms with Crippen LogP contribution in [0.3, 0.4) is 0 Å². The number of benzene rings is 1. The highest BCUT2D eigenvalue weighted by Crippen LogP contribution is 2.36. The molecular formula is C17H16N2O2. The second-order valence-corrected chi connectivity index (χ2v) is 4.99. The van der Waals surface area contributed by atoms with E-state index in [1.165, 1.54) is 0 Å². The first kappa shape index (κ1) is 13.5. The van der Waals surface area contributed by atoms with Gasteiger partial charge in [0.05, 0.1) is 5.69 Å². The Morgan fingerprint density at radius 1 is 1.29 bits per heavy atom. The third kappa shape index (κ3) is 2.99. The number of hydrogen-bond donors (Lipinski definition) is 2. The lowest BCUT2D eigenvalue weighted by Gasteiger charge is -2.10. The zero-order valence-electron chi connectivity index (χ0n) is 11.5. The maximum absolute atomic E-state index is 12.4. The zero-order chi connectivity index (χ0) is 14.7. The van der Waals surface area contributed by atoms with Gasteiger partial charge >= 0.3 is 0 Å². The van der Waals surface area contributed by atoms with Gasteiger partial charge in [0.2, 0.25) is 0 Å². The van der Waals surface area contributed by atoms with Gasteiger partial charge in [0.15, 0.2) is 0 Å². The Bertz CT molecular complexity index is 718. The molecule has 0 spiro atoms. The molecule has 0 radical (unpaired) electrons. The van der Waals surface area contributed by atoms with Crippen LogP contribution in [-0.2, 0) is 0 Å². The Hall–Kier alpha value is -2.51. The van der Waals surface area contributed by atoms with Gasteiger partial charge in [0.25, 0.3) is 5.91 Å². The highest BCUT2D eigenvalue weighted by atomic mass is 16.2. The van der Waals surface area contributed by atoms with E-state index < -0.39 is 0 Å². The number of nitrogens with zero attached hydrogens (tertiary/aromatic N) is 1. The van der Waals surface area contributed by atoms with Gasteiger partial charge in [-0.2, -0.15) is 0 Å². The number of aromatic nitrogens is 1. The third-order valence-corrected chi connectivity index (χ3v) is 3.43. The van der Waals surface area contributed by atoms with Gasteiger partial charge in [-0.15, -0.1) is 0 Å². The Kier molecular flexibility index (Phi) is 3.76. The number of hydrogen-bond acceptors (Lipinski definition) is 2. The number of carbonyl (C=O) groups excluding carboxylic acids is 1. The van der Waals surface area contributed by atoms with E-state index in [4.69, 9.17) is 5.11 Å². The predicted octanol–water partition coefficient (Wildman–Crippen LogP) is 2.42. The SMILES string of the molecule is O=C(Nc1ccccc1C#CCO)c1cccn1C1CC1. The monoisotopic (exact) mass is 280 g/mol. The largest absolute Gasteiger partial charge is 0.384 e. The highest BCUT2D eigenvalue weighted by Gasteiger charge is 2.26. The van der Waals surface area contributed by atoms with Crippen LogP contribution in [0.25, 0.3) is 0 Å². The number of carbonyl (C=O) groups is 1. The van der Waals surface area contributed by atoms with E-state index in [1.807, 2.05) is 47.2 Å². The van der Waals surface area contributed by atoms with E-state index >= 15 is 0 Å². The van der Waals surface area contributed by atoms with Crippen LogP contribution in [0.15, 0.2) is 42.6 Å². The topological polar surface area (TPSA) is 54.3 Å². The molecule has 1 aliphatic carbocycles. The summed E-state index contributed by atoms with van der Waals surface area (Å²) in [7, 11) is 0. The molecule has 1 amide bonds. The van der Waals surface area contributed by atoms with Gasteiger partial charge < -0.3 is 15.0 Å². The van der Waals surface area contributed by atoms with Crippen molar-refractivity contribution in [2.45, 2.75) is 18.9 Å². The molecule has 21 heavy (non-hydrogen) atoms. The van der Waals surface area contributed by atoms with Crippen LogP contribution < -0.4 is 5.32 Å². The van der Waals surface area contributed by atoms with Crippen molar-refractivity contribution in [2.75, 3.05) is 11.9 Å². The van der Waals surface area contributed by atoms with Crippen LogP contribution >= 0.6 is 0 Å². The summed E-state index contributed by atoms with van der Waals surface area (Å²) >= 11 is 0. The van der Waals surface area contributed by atoms with Crippen LogP contribution in [0.4, 0.5) is 5.69 Å². The normalized spacial score (nSPS) is 13.4. The smallest absolute Gasteiger partial charge is 0.272 e. The number of para-hydroxylation sites is 1. The quantitative estimate of drug-likeness (QED) is 0.848. The molecule has 1 heterocycles. The molecular weight excluding hydrogens is 264 g/mol. The summed E-state index contributed by atoms with van der Waals surface area (Å²) in [6, 6.07) is 11.5. The lowest BCUT2D eigenvalue weighted by Crippen LogP contribution is -2.17. The van der Waals surface area contributed by atoms with E-state index in [0.29, 0.717) is 23.0 Å². The molecule has 2 N–H and O–H groups in total. The van der Waals surface area contributed by atoms with Gasteiger partial charge in [-0.3, -0.25) is 4.79 Å². The fraction of sp³-hybridized carbons (Fsp3) is 0.235. The maximum Gasteiger partial charge on any atom is 0.272 e. The molecule has 4 heteroatoms. The van der Waals surface area contributed by atoms with Gasteiger partial charge in [0.1, 0.15) is 12.3 Å². The molecule has 106 valence electrons. The van der Waals surface area contributed by atoms with Gasteiger partial charge in [0, 0.05) is 17.8 Å². The summed E-state index contributed by atoms with van der Waals surface area (Å²) < 4.78 is 2.03. The summed E-state index contributed by atoms with van der Waals surface area (Å²) in [4.78, 5) is 12.4. The van der Waals surface area contributed by atoms with Crippen molar-refractivity contribution >= 4 is 11.6 Å². The predicted molar refractivity (Wildman–Crippen MR) is 81.1 cm³/mol. The van der Waals surface area contributed by atoms with E-state index in [2.05, 4.69) is 17.2 Å². The van der Waals surface area contributed by atoms with Crippen molar-refractivity contribution < 1.29 is 9.90 Å². The Labute approximate surface area is 123 Å². The summed E-state index contributed by atoms with van der Waals surface area (Å²) in [6.45, 7) is -0.202. The molecule has 3 rings (SSSR count). The average Bonchev–Trinajstić information content (AvgIpc) is 3.23. The second kappa shape index (κ2) is 5.86. The molecule has 0 saturated heterocycles. The van der Waals surface area contributed by atoms with Crippen LogP contribution in [0.2, 0.25) is 0 Å². The van der Waals surface area contributed by atoms with Gasteiger partial charge in [-0.1, -0.05) is 24.0 Å². The Balaban J connectivity index is 1.83. The lowest BCUT2D eigenvalue weighted by atomic mass is 10.1. The van der Waals surface area contributed by atoms with Crippen molar-refractivity contribution in [1.82, 2.24) is 4.57 Å². The summed E-state index contributed by atoms with van der Waals surface area (Å²) in [5, 5.41) is 11.7.